The van der Waals surface area contributed by atoms with E-state index in [2.05, 4.69) is 22.9 Å². The van der Waals surface area contributed by atoms with Crippen LogP contribution in [-0.2, 0) is 5.60 Å². The van der Waals surface area contributed by atoms with Crippen LogP contribution in [0.15, 0.2) is 22.7 Å². The highest BCUT2D eigenvalue weighted by Crippen LogP contribution is 2.33. The zero-order chi connectivity index (χ0) is 12.9. The van der Waals surface area contributed by atoms with Crippen molar-refractivity contribution < 1.29 is 5.11 Å². The third-order valence-corrected chi connectivity index (χ3v) is 3.69. The number of anilines is 1. The number of aliphatic hydroxyl groups is 1. The minimum Gasteiger partial charge on any atom is -0.399 e. The van der Waals surface area contributed by atoms with E-state index in [-0.39, 0.29) is 0 Å². The fourth-order valence-electron chi connectivity index (χ4n) is 2.07. The molecule has 0 bridgehead atoms. The fourth-order valence-corrected chi connectivity index (χ4v) is 2.58. The molecule has 0 amide bonds. The summed E-state index contributed by atoms with van der Waals surface area (Å²) in [6, 6.07) is 5.69. The Morgan fingerprint density at radius 2 is 1.94 bits per heavy atom. The van der Waals surface area contributed by atoms with Gasteiger partial charge >= 0.3 is 0 Å². The van der Waals surface area contributed by atoms with Crippen molar-refractivity contribution in [2.24, 2.45) is 0 Å². The van der Waals surface area contributed by atoms with Crippen molar-refractivity contribution in [1.29, 1.82) is 0 Å². The Kier molecular flexibility index (Phi) is 5.47. The lowest BCUT2D eigenvalue weighted by atomic mass is 9.86. The van der Waals surface area contributed by atoms with Gasteiger partial charge in [-0.3, -0.25) is 0 Å². The Labute approximate surface area is 112 Å². The largest absolute Gasteiger partial charge is 0.399 e. The highest BCUT2D eigenvalue weighted by Gasteiger charge is 2.26. The van der Waals surface area contributed by atoms with Gasteiger partial charge in [-0.15, -0.1) is 0 Å². The predicted octanol–water partition coefficient (Wildman–Crippen LogP) is 4.21. The lowest BCUT2D eigenvalue weighted by molar-refractivity contribution is 0.0208. The molecule has 3 N–H and O–H groups in total. The number of unbranched alkanes of at least 4 members (excludes halogenated alkanes) is 2. The Bertz CT molecular complexity index is 347. The number of hydrogen-bond donors (Lipinski definition) is 2. The molecule has 1 unspecified atom stereocenters. The summed E-state index contributed by atoms with van der Waals surface area (Å²) in [6.07, 6.45) is 4.89. The number of hydrogen-bond acceptors (Lipinski definition) is 2. The third-order valence-electron chi connectivity index (χ3n) is 3.24. The van der Waals surface area contributed by atoms with Crippen molar-refractivity contribution >= 4 is 21.6 Å². The molecule has 0 fully saturated rings. The van der Waals surface area contributed by atoms with E-state index in [1.807, 2.05) is 25.1 Å². The lowest BCUT2D eigenvalue weighted by Gasteiger charge is -2.28. The molecule has 0 aliphatic rings. The van der Waals surface area contributed by atoms with Crippen molar-refractivity contribution in [2.45, 2.75) is 51.6 Å². The lowest BCUT2D eigenvalue weighted by Crippen LogP contribution is -2.24. The molecule has 0 heterocycles. The molecule has 1 rings (SSSR count). The van der Waals surface area contributed by atoms with Crippen LogP contribution in [-0.4, -0.2) is 5.11 Å². The molecule has 1 aromatic carbocycles. The van der Waals surface area contributed by atoms with E-state index < -0.39 is 5.60 Å². The van der Waals surface area contributed by atoms with Crippen molar-refractivity contribution in [3.05, 3.63) is 28.2 Å². The molecule has 3 heteroatoms. The maximum atomic E-state index is 10.7. The van der Waals surface area contributed by atoms with Gasteiger partial charge in [-0.25, -0.2) is 0 Å². The molecule has 1 aromatic rings. The van der Waals surface area contributed by atoms with Gasteiger partial charge in [0.15, 0.2) is 0 Å². The summed E-state index contributed by atoms with van der Waals surface area (Å²) in [5.41, 5.74) is 6.69. The monoisotopic (exact) mass is 299 g/mol. The van der Waals surface area contributed by atoms with Crippen LogP contribution in [0.5, 0.6) is 0 Å². The Morgan fingerprint density at radius 3 is 2.47 bits per heavy atom. The Hall–Kier alpha value is -0.540. The molecule has 17 heavy (non-hydrogen) atoms. The normalized spacial score (nSPS) is 14.6. The van der Waals surface area contributed by atoms with Crippen LogP contribution in [0.3, 0.4) is 0 Å². The van der Waals surface area contributed by atoms with Crippen molar-refractivity contribution in [3.63, 3.8) is 0 Å². The van der Waals surface area contributed by atoms with Crippen LogP contribution in [0.4, 0.5) is 5.69 Å². The van der Waals surface area contributed by atoms with Crippen molar-refractivity contribution in [1.82, 2.24) is 0 Å². The maximum Gasteiger partial charge on any atom is 0.0895 e. The van der Waals surface area contributed by atoms with Crippen LogP contribution >= 0.6 is 15.9 Å². The van der Waals surface area contributed by atoms with Gasteiger partial charge in [-0.1, -0.05) is 49.0 Å². The molecular weight excluding hydrogens is 278 g/mol. The van der Waals surface area contributed by atoms with E-state index >= 15 is 0 Å². The molecule has 96 valence electrons. The van der Waals surface area contributed by atoms with Gasteiger partial charge in [0.1, 0.15) is 0 Å². The van der Waals surface area contributed by atoms with E-state index in [9.17, 15) is 5.11 Å². The van der Waals surface area contributed by atoms with Crippen LogP contribution < -0.4 is 5.73 Å². The van der Waals surface area contributed by atoms with Gasteiger partial charge < -0.3 is 10.8 Å². The smallest absolute Gasteiger partial charge is 0.0895 e. The second-order valence-electron chi connectivity index (χ2n) is 4.62. The van der Waals surface area contributed by atoms with Gasteiger partial charge in [0.2, 0.25) is 0 Å². The molecule has 0 radical (unpaired) electrons. The molecule has 0 saturated heterocycles. The van der Waals surface area contributed by atoms with Crippen LogP contribution in [0, 0.1) is 0 Å². The summed E-state index contributed by atoms with van der Waals surface area (Å²) < 4.78 is 0.926. The van der Waals surface area contributed by atoms with Crippen LogP contribution in [0.25, 0.3) is 0 Å². The van der Waals surface area contributed by atoms with E-state index in [0.29, 0.717) is 12.1 Å². The topological polar surface area (TPSA) is 46.2 Å². The summed E-state index contributed by atoms with van der Waals surface area (Å²) >= 11 is 3.43. The van der Waals surface area contributed by atoms with Gasteiger partial charge in [0.05, 0.1) is 5.60 Å². The number of nitrogen functional groups attached to an aromatic ring is 1. The minimum atomic E-state index is -0.743. The van der Waals surface area contributed by atoms with Gasteiger partial charge in [-0.2, -0.15) is 0 Å². The summed E-state index contributed by atoms with van der Waals surface area (Å²) in [7, 11) is 0. The Balaban J connectivity index is 2.90. The van der Waals surface area contributed by atoms with Gasteiger partial charge in [-0.05, 0) is 36.6 Å². The first-order valence-corrected chi connectivity index (χ1v) is 7.10. The van der Waals surface area contributed by atoms with E-state index in [4.69, 9.17) is 5.73 Å². The second-order valence-corrected chi connectivity index (χ2v) is 5.53. The molecular formula is C14H22BrNO. The summed E-state index contributed by atoms with van der Waals surface area (Å²) in [5, 5.41) is 10.7. The minimum absolute atomic E-state index is 0.691. The fraction of sp³-hybridized carbons (Fsp3) is 0.571. The third kappa shape index (κ3) is 4.00. The zero-order valence-corrected chi connectivity index (χ0v) is 12.3. The van der Waals surface area contributed by atoms with E-state index in [0.717, 1.165) is 29.3 Å². The van der Waals surface area contributed by atoms with Crippen molar-refractivity contribution in [3.8, 4) is 0 Å². The highest BCUT2D eigenvalue weighted by molar-refractivity contribution is 9.10. The zero-order valence-electron chi connectivity index (χ0n) is 10.7. The van der Waals surface area contributed by atoms with Crippen LogP contribution in [0.2, 0.25) is 0 Å². The predicted molar refractivity (Wildman–Crippen MR) is 76.9 cm³/mol. The summed E-state index contributed by atoms with van der Waals surface area (Å²) in [6.45, 7) is 4.19. The summed E-state index contributed by atoms with van der Waals surface area (Å²) in [4.78, 5) is 0. The first-order chi connectivity index (χ1) is 8.01. The molecule has 1 atom stereocenters. The number of nitrogens with two attached hydrogens (primary N) is 1. The second kappa shape index (κ2) is 6.41. The highest BCUT2D eigenvalue weighted by atomic mass is 79.9. The molecule has 0 saturated carbocycles. The number of benzene rings is 1. The van der Waals surface area contributed by atoms with E-state index in [1.54, 1.807) is 0 Å². The quantitative estimate of drug-likeness (QED) is 0.610. The van der Waals surface area contributed by atoms with Crippen molar-refractivity contribution in [2.75, 3.05) is 5.73 Å². The average molecular weight is 300 g/mol. The number of halogens is 1. The molecule has 2 nitrogen and oxygen atoms in total. The molecule has 0 aliphatic heterocycles. The standard InChI is InChI=1S/C14H22BrNO/c1-3-5-6-7-14(17,4-2)11-8-12(15)10-13(16)9-11/h8-10,17H,3-7,16H2,1-2H3. The first-order valence-electron chi connectivity index (χ1n) is 6.30. The van der Waals surface area contributed by atoms with Crippen LogP contribution in [0.1, 0.15) is 51.5 Å². The van der Waals surface area contributed by atoms with Gasteiger partial charge in [0, 0.05) is 10.2 Å². The molecule has 0 spiro atoms. The Morgan fingerprint density at radius 1 is 1.24 bits per heavy atom. The SMILES string of the molecule is CCCCCC(O)(CC)c1cc(N)cc(Br)c1. The van der Waals surface area contributed by atoms with E-state index in [1.165, 1.54) is 6.42 Å². The van der Waals surface area contributed by atoms with Gasteiger partial charge in [0.25, 0.3) is 0 Å². The molecule has 0 aliphatic carbocycles. The first kappa shape index (κ1) is 14.5. The average Bonchev–Trinajstić information content (AvgIpc) is 2.28. The number of rotatable bonds is 6. The summed E-state index contributed by atoms with van der Waals surface area (Å²) in [5.74, 6) is 0. The maximum absolute atomic E-state index is 10.7. The molecule has 0 aromatic heterocycles.